The average Bonchev–Trinajstić information content (AvgIpc) is 2.66. The van der Waals surface area contributed by atoms with E-state index in [0.29, 0.717) is 6.61 Å². The molecule has 1 atom stereocenters. The minimum absolute atomic E-state index is 0.121. The van der Waals surface area contributed by atoms with Crippen molar-refractivity contribution in [2.45, 2.75) is 18.9 Å². The Morgan fingerprint density at radius 1 is 1.11 bits per heavy atom. The lowest BCUT2D eigenvalue weighted by atomic mass is 9.89. The van der Waals surface area contributed by atoms with Crippen LogP contribution in [-0.4, -0.2) is 45.8 Å². The summed E-state index contributed by atoms with van der Waals surface area (Å²) < 4.78 is 13.9. The Kier molecular flexibility index (Phi) is 7.20. The highest BCUT2D eigenvalue weighted by molar-refractivity contribution is 9.11. The van der Waals surface area contributed by atoms with Gasteiger partial charge in [0.05, 0.1) is 19.8 Å². The maximum atomic E-state index is 6.08. The summed E-state index contributed by atoms with van der Waals surface area (Å²) in [4.78, 5) is 2.16. The lowest BCUT2D eigenvalue weighted by Crippen LogP contribution is -2.31. The Balaban J connectivity index is 1.91. The fourth-order valence-corrected chi connectivity index (χ4v) is 4.27. The van der Waals surface area contributed by atoms with E-state index < -0.39 is 0 Å². The molecular weight excluding hydrogens is 472 g/mol. The predicted octanol–water partition coefficient (Wildman–Crippen LogP) is 4.79. The zero-order valence-corrected chi connectivity index (χ0v) is 19.2. The minimum atomic E-state index is 0.121. The van der Waals surface area contributed by atoms with Gasteiger partial charge in [-0.3, -0.25) is 0 Å². The number of nitrogens with one attached hydrogen (secondary N) is 1. The van der Waals surface area contributed by atoms with Gasteiger partial charge in [-0.1, -0.05) is 31.9 Å². The number of methoxy groups -OCH3 is 1. The van der Waals surface area contributed by atoms with Gasteiger partial charge in [0.2, 0.25) is 0 Å². The van der Waals surface area contributed by atoms with Crippen LogP contribution in [0.2, 0.25) is 0 Å². The van der Waals surface area contributed by atoms with Gasteiger partial charge >= 0.3 is 0 Å². The van der Waals surface area contributed by atoms with Crippen LogP contribution in [-0.2, 0) is 6.42 Å². The molecule has 0 aromatic heterocycles. The van der Waals surface area contributed by atoms with E-state index in [0.717, 1.165) is 46.4 Å². The molecule has 0 spiro atoms. The average molecular weight is 498 g/mol. The molecule has 2 aromatic rings. The molecule has 0 saturated heterocycles. The van der Waals surface area contributed by atoms with E-state index in [4.69, 9.17) is 9.47 Å². The topological polar surface area (TPSA) is 33.7 Å². The zero-order chi connectivity index (χ0) is 19.4. The maximum absolute atomic E-state index is 6.08. The SMILES string of the molecule is COc1cc2c(cc1OCCCN(C)C)C(c1cc(Br)ccc1Br)NCC2. The third-order valence-corrected chi connectivity index (χ3v) is 5.97. The molecule has 1 aliphatic heterocycles. The zero-order valence-electron chi connectivity index (χ0n) is 16.0. The second-order valence-electron chi connectivity index (χ2n) is 7.01. The Morgan fingerprint density at radius 3 is 2.67 bits per heavy atom. The summed E-state index contributed by atoms with van der Waals surface area (Å²) in [5, 5.41) is 3.65. The third kappa shape index (κ3) is 5.05. The van der Waals surface area contributed by atoms with E-state index in [1.54, 1.807) is 7.11 Å². The molecule has 0 amide bonds. The first-order chi connectivity index (χ1) is 13.0. The van der Waals surface area contributed by atoms with Crippen molar-refractivity contribution in [1.82, 2.24) is 10.2 Å². The van der Waals surface area contributed by atoms with Crippen molar-refractivity contribution in [2.24, 2.45) is 0 Å². The van der Waals surface area contributed by atoms with E-state index in [-0.39, 0.29) is 6.04 Å². The molecule has 0 radical (unpaired) electrons. The van der Waals surface area contributed by atoms with Gasteiger partial charge < -0.3 is 19.7 Å². The van der Waals surface area contributed by atoms with Crippen LogP contribution in [0, 0.1) is 0 Å². The van der Waals surface area contributed by atoms with Crippen LogP contribution in [0.1, 0.15) is 29.2 Å². The second-order valence-corrected chi connectivity index (χ2v) is 8.78. The first-order valence-corrected chi connectivity index (χ1v) is 10.7. The van der Waals surface area contributed by atoms with Crippen LogP contribution in [0.3, 0.4) is 0 Å². The molecule has 0 saturated carbocycles. The summed E-state index contributed by atoms with van der Waals surface area (Å²) >= 11 is 7.30. The highest BCUT2D eigenvalue weighted by Crippen LogP contribution is 2.39. The molecule has 146 valence electrons. The quantitative estimate of drug-likeness (QED) is 0.558. The molecule has 0 fully saturated rings. The van der Waals surface area contributed by atoms with Gasteiger partial charge in [0.15, 0.2) is 11.5 Å². The fourth-order valence-electron chi connectivity index (χ4n) is 3.41. The fraction of sp³-hybridized carbons (Fsp3) is 0.429. The van der Waals surface area contributed by atoms with E-state index in [2.05, 4.69) is 80.4 Å². The van der Waals surface area contributed by atoms with Crippen LogP contribution in [0.5, 0.6) is 11.5 Å². The third-order valence-electron chi connectivity index (χ3n) is 4.76. The van der Waals surface area contributed by atoms with Gasteiger partial charge in [-0.25, -0.2) is 0 Å². The second kappa shape index (κ2) is 9.41. The number of hydrogen-bond acceptors (Lipinski definition) is 4. The Labute approximate surface area is 178 Å². The normalized spacial score (nSPS) is 16.3. The molecule has 1 N–H and O–H groups in total. The molecule has 0 aliphatic carbocycles. The van der Waals surface area contributed by atoms with Crippen LogP contribution in [0.15, 0.2) is 39.3 Å². The minimum Gasteiger partial charge on any atom is -0.493 e. The van der Waals surface area contributed by atoms with Crippen molar-refractivity contribution < 1.29 is 9.47 Å². The van der Waals surface area contributed by atoms with Crippen LogP contribution in [0.4, 0.5) is 0 Å². The number of rotatable bonds is 7. The van der Waals surface area contributed by atoms with Crippen molar-refractivity contribution in [1.29, 1.82) is 0 Å². The first kappa shape index (κ1) is 20.6. The van der Waals surface area contributed by atoms with E-state index in [1.807, 2.05) is 6.07 Å². The van der Waals surface area contributed by atoms with Crippen molar-refractivity contribution in [3.05, 3.63) is 56.0 Å². The molecule has 4 nitrogen and oxygen atoms in total. The van der Waals surface area contributed by atoms with E-state index in [1.165, 1.54) is 16.7 Å². The molecule has 27 heavy (non-hydrogen) atoms. The molecule has 0 bridgehead atoms. The monoisotopic (exact) mass is 496 g/mol. The number of ether oxygens (including phenoxy) is 2. The molecule has 1 heterocycles. The van der Waals surface area contributed by atoms with E-state index in [9.17, 15) is 0 Å². The lowest BCUT2D eigenvalue weighted by molar-refractivity contribution is 0.267. The summed E-state index contributed by atoms with van der Waals surface area (Å²) in [7, 11) is 5.86. The Morgan fingerprint density at radius 2 is 1.93 bits per heavy atom. The van der Waals surface area contributed by atoms with Crippen LogP contribution < -0.4 is 14.8 Å². The van der Waals surface area contributed by atoms with Gasteiger partial charge in [0.25, 0.3) is 0 Å². The van der Waals surface area contributed by atoms with Gasteiger partial charge in [0, 0.05) is 22.0 Å². The van der Waals surface area contributed by atoms with E-state index >= 15 is 0 Å². The van der Waals surface area contributed by atoms with Crippen molar-refractivity contribution in [3.63, 3.8) is 0 Å². The van der Waals surface area contributed by atoms with Crippen LogP contribution >= 0.6 is 31.9 Å². The smallest absolute Gasteiger partial charge is 0.161 e. The summed E-state index contributed by atoms with van der Waals surface area (Å²) in [6.45, 7) is 2.61. The Hall–Kier alpha value is -1.08. The van der Waals surface area contributed by atoms with Crippen molar-refractivity contribution >= 4 is 31.9 Å². The van der Waals surface area contributed by atoms with Crippen molar-refractivity contribution in [2.75, 3.05) is 40.9 Å². The molecule has 2 aromatic carbocycles. The standard InChI is InChI=1S/C21H26Br2N2O2/c1-25(2)9-4-10-27-20-13-16-14(11-19(20)26-3)7-8-24-21(16)17-12-15(22)5-6-18(17)23/h5-6,11-13,21,24H,4,7-10H2,1-3H3. The Bertz CT molecular complexity index is 796. The molecule has 1 aliphatic rings. The molecule has 6 heteroatoms. The van der Waals surface area contributed by atoms with Gasteiger partial charge in [-0.15, -0.1) is 0 Å². The molecule has 1 unspecified atom stereocenters. The summed E-state index contributed by atoms with van der Waals surface area (Å²) in [5.41, 5.74) is 3.78. The summed E-state index contributed by atoms with van der Waals surface area (Å²) in [6, 6.07) is 10.7. The number of benzene rings is 2. The molecular formula is C21H26Br2N2O2. The number of nitrogens with zero attached hydrogens (tertiary/aromatic N) is 1. The summed E-state index contributed by atoms with van der Waals surface area (Å²) in [5.74, 6) is 1.63. The van der Waals surface area contributed by atoms with Gasteiger partial charge in [0.1, 0.15) is 0 Å². The number of fused-ring (bicyclic) bond motifs is 1. The molecule has 3 rings (SSSR count). The van der Waals surface area contributed by atoms with Crippen LogP contribution in [0.25, 0.3) is 0 Å². The van der Waals surface area contributed by atoms with Gasteiger partial charge in [-0.05, 0) is 74.0 Å². The summed E-state index contributed by atoms with van der Waals surface area (Å²) in [6.07, 6.45) is 1.96. The predicted molar refractivity (Wildman–Crippen MR) is 117 cm³/mol. The maximum Gasteiger partial charge on any atom is 0.161 e. The lowest BCUT2D eigenvalue weighted by Gasteiger charge is -2.29. The van der Waals surface area contributed by atoms with Crippen molar-refractivity contribution in [3.8, 4) is 11.5 Å². The van der Waals surface area contributed by atoms with Gasteiger partial charge in [-0.2, -0.15) is 0 Å². The highest BCUT2D eigenvalue weighted by atomic mass is 79.9. The highest BCUT2D eigenvalue weighted by Gasteiger charge is 2.25. The largest absolute Gasteiger partial charge is 0.493 e. The first-order valence-electron chi connectivity index (χ1n) is 9.16. The number of halogens is 2. The number of hydrogen-bond donors (Lipinski definition) is 1.